The number of pyridine rings is 1. The van der Waals surface area contributed by atoms with Gasteiger partial charge in [-0.2, -0.15) is 0 Å². The van der Waals surface area contributed by atoms with Crippen LogP contribution in [0.25, 0.3) is 55.2 Å². The highest BCUT2D eigenvalue weighted by Gasteiger charge is 2.15. The fourth-order valence-electron chi connectivity index (χ4n) is 4.53. The predicted octanol–water partition coefficient (Wildman–Crippen LogP) is 5.55. The molecule has 0 fully saturated rings. The number of imidazole rings is 2. The first-order valence-electron chi connectivity index (χ1n) is 9.90. The van der Waals surface area contributed by atoms with Crippen molar-refractivity contribution in [2.45, 2.75) is 0 Å². The van der Waals surface area contributed by atoms with Gasteiger partial charge in [0.15, 0.2) is 11.3 Å². The molecule has 0 radical (unpaired) electrons. The molecule has 3 aromatic carbocycles. The van der Waals surface area contributed by atoms with E-state index in [-0.39, 0.29) is 0 Å². The fourth-order valence-corrected chi connectivity index (χ4v) is 4.53. The second-order valence-electron chi connectivity index (χ2n) is 7.43. The maximum atomic E-state index is 5.02. The molecule has 0 saturated heterocycles. The molecule has 0 atom stereocenters. The van der Waals surface area contributed by atoms with Gasteiger partial charge in [0.25, 0.3) is 0 Å². The lowest BCUT2D eigenvalue weighted by Crippen LogP contribution is -1.94. The molecule has 0 N–H and O–H groups in total. The number of benzene rings is 3. The molecular weight excluding hydrogens is 370 g/mol. The number of fused-ring (bicyclic) bond motifs is 12. The molecule has 0 bridgehead atoms. The summed E-state index contributed by atoms with van der Waals surface area (Å²) in [5.74, 6) is 0. The van der Waals surface area contributed by atoms with E-state index in [1.165, 1.54) is 0 Å². The summed E-state index contributed by atoms with van der Waals surface area (Å²) >= 11 is 0. The quantitative estimate of drug-likeness (QED) is 0.344. The minimum Gasteiger partial charge on any atom is -0.289 e. The van der Waals surface area contributed by atoms with Crippen molar-refractivity contribution >= 4 is 55.2 Å². The molecular formula is C25H15N5. The Morgan fingerprint density at radius 1 is 0.500 bits per heavy atom. The summed E-state index contributed by atoms with van der Waals surface area (Å²) in [5, 5.41) is 2.26. The van der Waals surface area contributed by atoms with Crippen molar-refractivity contribution in [1.29, 1.82) is 0 Å². The highest BCUT2D eigenvalue weighted by atomic mass is 15.1. The number of rotatable bonds is 0. The molecule has 5 nitrogen and oxygen atoms in total. The molecule has 0 spiro atoms. The zero-order valence-corrected chi connectivity index (χ0v) is 15.9. The monoisotopic (exact) mass is 385 g/mol. The van der Waals surface area contributed by atoms with Crippen molar-refractivity contribution < 1.29 is 0 Å². The highest BCUT2D eigenvalue weighted by molar-refractivity contribution is 6.07. The Kier molecular flexibility index (Phi) is 2.94. The second kappa shape index (κ2) is 5.64. The van der Waals surface area contributed by atoms with Crippen molar-refractivity contribution in [3.05, 3.63) is 91.3 Å². The molecule has 0 saturated carbocycles. The summed E-state index contributed by atoms with van der Waals surface area (Å²) in [7, 11) is 0. The molecule has 7 aromatic rings. The van der Waals surface area contributed by atoms with Gasteiger partial charge < -0.3 is 0 Å². The normalized spacial score (nSPS) is 12.0. The molecule has 5 heteroatoms. The van der Waals surface area contributed by atoms with Crippen LogP contribution in [0.5, 0.6) is 0 Å². The second-order valence-corrected chi connectivity index (χ2v) is 7.43. The van der Waals surface area contributed by atoms with Gasteiger partial charge in [0.2, 0.25) is 0 Å². The zero-order valence-electron chi connectivity index (χ0n) is 15.9. The van der Waals surface area contributed by atoms with Gasteiger partial charge >= 0.3 is 0 Å². The molecule has 4 heterocycles. The number of hydrogen-bond acceptors (Lipinski definition) is 3. The predicted molar refractivity (Wildman–Crippen MR) is 121 cm³/mol. The standard InChI is InChI=1S/C25H15N5/c1-4-10-20-16(7-1)17-13-14-26-15-23(17)30-22-12-6-3-9-19(22)28-25(30)24-27-18-8-2-5-11-21(18)29(20)24/h1-15H. The number of nitrogens with zero attached hydrogens (tertiary/aromatic N) is 5. The van der Waals surface area contributed by atoms with Crippen LogP contribution in [-0.4, -0.2) is 23.8 Å². The average Bonchev–Trinajstić information content (AvgIpc) is 3.36. The van der Waals surface area contributed by atoms with E-state index < -0.39 is 0 Å². The van der Waals surface area contributed by atoms with Crippen LogP contribution in [0.15, 0.2) is 91.3 Å². The lowest BCUT2D eigenvalue weighted by molar-refractivity contribution is 1.23. The van der Waals surface area contributed by atoms with Crippen LogP contribution < -0.4 is 0 Å². The summed E-state index contributed by atoms with van der Waals surface area (Å²) in [6, 6.07) is 27.0. The van der Waals surface area contributed by atoms with Gasteiger partial charge in [0.05, 0.1) is 39.3 Å². The molecule has 140 valence electrons. The largest absolute Gasteiger partial charge is 0.289 e. The van der Waals surface area contributed by atoms with Gasteiger partial charge in [-0.1, -0.05) is 42.5 Å². The van der Waals surface area contributed by atoms with E-state index in [2.05, 4.69) is 68.4 Å². The van der Waals surface area contributed by atoms with E-state index >= 15 is 0 Å². The molecule has 7 rings (SSSR count). The minimum absolute atomic E-state index is 0.816. The van der Waals surface area contributed by atoms with Crippen molar-refractivity contribution in [1.82, 2.24) is 23.8 Å². The van der Waals surface area contributed by atoms with E-state index in [9.17, 15) is 0 Å². The average molecular weight is 385 g/mol. The molecule has 0 unspecified atom stereocenters. The van der Waals surface area contributed by atoms with Gasteiger partial charge in [-0.05, 0) is 36.4 Å². The van der Waals surface area contributed by atoms with E-state index in [1.54, 1.807) is 0 Å². The molecule has 0 amide bonds. The highest BCUT2D eigenvalue weighted by Crippen LogP contribution is 2.30. The number of aromatic nitrogens is 5. The van der Waals surface area contributed by atoms with Crippen molar-refractivity contribution in [3.8, 4) is 0 Å². The Balaban J connectivity index is 1.99. The van der Waals surface area contributed by atoms with E-state index in [0.29, 0.717) is 0 Å². The first kappa shape index (κ1) is 15.6. The summed E-state index contributed by atoms with van der Waals surface area (Å²) < 4.78 is 4.41. The van der Waals surface area contributed by atoms with E-state index in [4.69, 9.17) is 9.97 Å². The minimum atomic E-state index is 0.816. The Bertz CT molecular complexity index is 1670. The number of hydrogen-bond donors (Lipinski definition) is 0. The van der Waals surface area contributed by atoms with Crippen molar-refractivity contribution in [3.63, 3.8) is 0 Å². The smallest absolute Gasteiger partial charge is 0.182 e. The third-order valence-corrected chi connectivity index (χ3v) is 5.80. The third-order valence-electron chi connectivity index (χ3n) is 5.80. The van der Waals surface area contributed by atoms with Crippen LogP contribution in [0.1, 0.15) is 0 Å². The first-order valence-corrected chi connectivity index (χ1v) is 9.90. The van der Waals surface area contributed by atoms with Crippen LogP contribution in [0, 0.1) is 0 Å². The van der Waals surface area contributed by atoms with Gasteiger partial charge in [0.1, 0.15) is 0 Å². The maximum absolute atomic E-state index is 5.02. The third kappa shape index (κ3) is 1.93. The van der Waals surface area contributed by atoms with Crippen LogP contribution >= 0.6 is 0 Å². The van der Waals surface area contributed by atoms with E-state index in [0.717, 1.165) is 55.2 Å². The van der Waals surface area contributed by atoms with Gasteiger partial charge in [-0.15, -0.1) is 0 Å². The molecule has 0 aliphatic heterocycles. The van der Waals surface area contributed by atoms with E-state index in [1.807, 2.05) is 36.7 Å². The van der Waals surface area contributed by atoms with Gasteiger partial charge in [-0.25, -0.2) is 9.97 Å². The Morgan fingerprint density at radius 2 is 1.03 bits per heavy atom. The molecule has 30 heavy (non-hydrogen) atoms. The van der Waals surface area contributed by atoms with Crippen LogP contribution in [0.4, 0.5) is 0 Å². The lowest BCUT2D eigenvalue weighted by atomic mass is 10.1. The molecule has 0 aliphatic rings. The van der Waals surface area contributed by atoms with Crippen LogP contribution in [0.2, 0.25) is 0 Å². The van der Waals surface area contributed by atoms with Crippen molar-refractivity contribution in [2.24, 2.45) is 0 Å². The molecule has 0 aliphatic carbocycles. The van der Waals surface area contributed by atoms with Crippen molar-refractivity contribution in [2.75, 3.05) is 0 Å². The van der Waals surface area contributed by atoms with Crippen LogP contribution in [-0.2, 0) is 0 Å². The Labute approximate surface area is 170 Å². The van der Waals surface area contributed by atoms with Gasteiger partial charge in [0, 0.05) is 17.0 Å². The first-order chi connectivity index (χ1) is 14.9. The Hall–Kier alpha value is -4.25. The maximum Gasteiger partial charge on any atom is 0.182 e. The fraction of sp³-hybridized carbons (Fsp3) is 0. The Morgan fingerprint density at radius 3 is 1.73 bits per heavy atom. The summed E-state index contributed by atoms with van der Waals surface area (Å²) in [6.45, 7) is 0. The SMILES string of the molecule is c1ccc2c(c1)nc1c3nc4ccccc4n3c3cnccc3c3ccccc3n21. The summed E-state index contributed by atoms with van der Waals surface area (Å²) in [6.07, 6.45) is 3.77. The number of para-hydroxylation sites is 5. The van der Waals surface area contributed by atoms with Gasteiger partial charge in [-0.3, -0.25) is 13.8 Å². The lowest BCUT2D eigenvalue weighted by Gasteiger charge is -2.07. The summed E-state index contributed by atoms with van der Waals surface area (Å²) in [4.78, 5) is 14.5. The summed E-state index contributed by atoms with van der Waals surface area (Å²) in [5.41, 5.74) is 7.73. The topological polar surface area (TPSA) is 47.5 Å². The molecule has 4 aromatic heterocycles. The zero-order chi connectivity index (χ0) is 19.7. The van der Waals surface area contributed by atoms with Crippen LogP contribution in [0.3, 0.4) is 0 Å².